The third-order valence-electron chi connectivity index (χ3n) is 3.16. The maximum atomic E-state index is 6.10. The second-order valence-electron chi connectivity index (χ2n) is 4.83. The number of nitrogens with zero attached hydrogens (tertiary/aromatic N) is 3. The summed E-state index contributed by atoms with van der Waals surface area (Å²) in [6, 6.07) is 9.60. The molecule has 23 heavy (non-hydrogen) atoms. The molecule has 1 heterocycles. The predicted octanol–water partition coefficient (Wildman–Crippen LogP) is 5.65. The van der Waals surface area contributed by atoms with Crippen molar-refractivity contribution in [1.29, 1.82) is 0 Å². The van der Waals surface area contributed by atoms with E-state index in [1.165, 1.54) is 0 Å². The minimum absolute atomic E-state index is 0.554. The Balaban J connectivity index is 2.16. The number of hydrogen-bond acceptors (Lipinski definition) is 4. The molecule has 120 valence electrons. The van der Waals surface area contributed by atoms with E-state index in [1.54, 1.807) is 6.20 Å². The van der Waals surface area contributed by atoms with Crippen LogP contribution in [0.4, 0.5) is 5.82 Å². The molecule has 1 aromatic heterocycles. The van der Waals surface area contributed by atoms with Crippen molar-refractivity contribution in [3.05, 3.63) is 56.6 Å². The van der Waals surface area contributed by atoms with Gasteiger partial charge in [-0.15, -0.1) is 0 Å². The number of aromatic nitrogens is 1. The van der Waals surface area contributed by atoms with Crippen LogP contribution < -0.4 is 4.90 Å². The molecule has 0 saturated carbocycles. The van der Waals surface area contributed by atoms with Crippen molar-refractivity contribution in [2.45, 2.75) is 13.0 Å². The molecule has 0 saturated heterocycles. The van der Waals surface area contributed by atoms with Crippen molar-refractivity contribution >= 4 is 62.3 Å². The summed E-state index contributed by atoms with van der Waals surface area (Å²) in [6.07, 6.45) is 2.65. The normalized spacial score (nSPS) is 10.2. The molecule has 3 nitrogen and oxygen atoms in total. The summed E-state index contributed by atoms with van der Waals surface area (Å²) in [7, 11) is 0. The highest BCUT2D eigenvalue weighted by molar-refractivity contribution is 9.10. The summed E-state index contributed by atoms with van der Waals surface area (Å²) < 4.78 is 0.945. The molecule has 0 fully saturated rings. The molecule has 2 rings (SSSR count). The largest absolute Gasteiger partial charge is 0.352 e. The summed E-state index contributed by atoms with van der Waals surface area (Å²) in [6.45, 7) is 2.14. The van der Waals surface area contributed by atoms with Gasteiger partial charge in [0.15, 0.2) is 0 Å². The number of thiocarbonyl (C=S) groups is 1. The molecular formula is C16H14BrCl2N3S. The van der Waals surface area contributed by atoms with Crippen LogP contribution in [0.2, 0.25) is 10.0 Å². The number of benzene rings is 1. The van der Waals surface area contributed by atoms with Gasteiger partial charge in [0.25, 0.3) is 0 Å². The Kier molecular flexibility index (Phi) is 7.47. The summed E-state index contributed by atoms with van der Waals surface area (Å²) in [4.78, 5) is 10.6. The molecule has 0 N–H and O–H groups in total. The lowest BCUT2D eigenvalue weighted by atomic mass is 10.2. The minimum atomic E-state index is 0.554. The number of hydrogen-bond donors (Lipinski definition) is 0. The molecule has 0 aliphatic rings. The molecule has 2 aromatic rings. The van der Waals surface area contributed by atoms with Crippen molar-refractivity contribution in [1.82, 2.24) is 4.98 Å². The lowest BCUT2D eigenvalue weighted by Crippen LogP contribution is -2.25. The molecule has 0 unspecified atom stereocenters. The third kappa shape index (κ3) is 5.87. The highest BCUT2D eigenvalue weighted by Gasteiger charge is 2.10. The number of aliphatic imine (C=N–C) groups is 1. The van der Waals surface area contributed by atoms with Crippen LogP contribution in [-0.2, 0) is 6.54 Å². The Morgan fingerprint density at radius 3 is 2.70 bits per heavy atom. The van der Waals surface area contributed by atoms with Crippen LogP contribution in [0.3, 0.4) is 0 Å². The van der Waals surface area contributed by atoms with Crippen LogP contribution in [0.15, 0.2) is 46.0 Å². The first kappa shape index (κ1) is 18.4. The van der Waals surface area contributed by atoms with Crippen LogP contribution in [0.25, 0.3) is 0 Å². The van der Waals surface area contributed by atoms with Crippen molar-refractivity contribution in [3.8, 4) is 0 Å². The van der Waals surface area contributed by atoms with Crippen molar-refractivity contribution in [2.24, 2.45) is 4.99 Å². The van der Waals surface area contributed by atoms with E-state index in [9.17, 15) is 0 Å². The highest BCUT2D eigenvalue weighted by atomic mass is 79.9. The fraction of sp³-hybridized carbons (Fsp3) is 0.250. The zero-order valence-electron chi connectivity index (χ0n) is 12.2. The van der Waals surface area contributed by atoms with Gasteiger partial charge in [-0.25, -0.2) is 9.98 Å². The number of anilines is 1. The van der Waals surface area contributed by atoms with Gasteiger partial charge in [-0.1, -0.05) is 29.3 Å². The van der Waals surface area contributed by atoms with Crippen LogP contribution >= 0.6 is 51.3 Å². The van der Waals surface area contributed by atoms with Crippen molar-refractivity contribution in [2.75, 3.05) is 18.0 Å². The smallest absolute Gasteiger partial charge is 0.128 e. The number of rotatable bonds is 7. The van der Waals surface area contributed by atoms with Gasteiger partial charge in [0, 0.05) is 23.8 Å². The summed E-state index contributed by atoms with van der Waals surface area (Å²) in [5.74, 6) is 0.894. The van der Waals surface area contributed by atoms with E-state index in [1.807, 2.05) is 30.3 Å². The number of halogens is 3. The first-order valence-electron chi connectivity index (χ1n) is 6.94. The van der Waals surface area contributed by atoms with Gasteiger partial charge in [-0.2, -0.15) is 0 Å². The molecule has 0 radical (unpaired) electrons. The molecule has 0 spiro atoms. The molecule has 0 atom stereocenters. The van der Waals surface area contributed by atoms with E-state index < -0.39 is 0 Å². The average Bonchev–Trinajstić information content (AvgIpc) is 2.54. The highest BCUT2D eigenvalue weighted by Crippen LogP contribution is 2.24. The van der Waals surface area contributed by atoms with Crippen LogP contribution in [0.1, 0.15) is 12.0 Å². The standard InChI is InChI=1S/C16H14BrCl2N3S/c17-13-3-5-16(21-9-13)22(7-1-6-20-11-23)10-12-2-4-14(18)15(19)8-12/h2-5,8-9H,1,6-7,10H2. The van der Waals surface area contributed by atoms with E-state index in [2.05, 4.69) is 48.2 Å². The average molecular weight is 431 g/mol. The first-order chi connectivity index (χ1) is 11.1. The molecule has 0 aliphatic heterocycles. The Morgan fingerprint density at radius 1 is 1.22 bits per heavy atom. The summed E-state index contributed by atoms with van der Waals surface area (Å²) >= 11 is 20.1. The second kappa shape index (κ2) is 9.36. The maximum absolute atomic E-state index is 6.10. The zero-order chi connectivity index (χ0) is 16.7. The van der Waals surface area contributed by atoms with E-state index in [4.69, 9.17) is 23.2 Å². The molecule has 7 heteroatoms. The van der Waals surface area contributed by atoms with Crippen LogP contribution in [0, 0.1) is 0 Å². The van der Waals surface area contributed by atoms with Crippen molar-refractivity contribution < 1.29 is 0 Å². The first-order valence-corrected chi connectivity index (χ1v) is 8.90. The molecule has 0 amide bonds. The van der Waals surface area contributed by atoms with Crippen LogP contribution in [0.5, 0.6) is 0 Å². The maximum Gasteiger partial charge on any atom is 0.128 e. The summed E-state index contributed by atoms with van der Waals surface area (Å²) in [5, 5.41) is 3.50. The fourth-order valence-corrected chi connectivity index (χ4v) is 2.72. The molecular weight excluding hydrogens is 417 g/mol. The van der Waals surface area contributed by atoms with Crippen LogP contribution in [-0.4, -0.2) is 23.2 Å². The fourth-order valence-electron chi connectivity index (χ4n) is 2.07. The lowest BCUT2D eigenvalue weighted by molar-refractivity contribution is 0.728. The van der Waals surface area contributed by atoms with Gasteiger partial charge < -0.3 is 4.90 Å². The monoisotopic (exact) mass is 429 g/mol. The van der Waals surface area contributed by atoms with Gasteiger partial charge in [0.1, 0.15) is 5.82 Å². The van der Waals surface area contributed by atoms with E-state index in [-0.39, 0.29) is 0 Å². The molecule has 0 aliphatic carbocycles. The lowest BCUT2D eigenvalue weighted by Gasteiger charge is -2.24. The Labute approximate surface area is 159 Å². The topological polar surface area (TPSA) is 28.5 Å². The van der Waals surface area contributed by atoms with E-state index in [0.29, 0.717) is 23.1 Å². The number of isothiocyanates is 1. The Bertz CT molecular complexity index is 703. The van der Waals surface area contributed by atoms with Gasteiger partial charge >= 0.3 is 0 Å². The van der Waals surface area contributed by atoms with Crippen molar-refractivity contribution in [3.63, 3.8) is 0 Å². The second-order valence-corrected chi connectivity index (χ2v) is 6.74. The van der Waals surface area contributed by atoms with Gasteiger partial charge in [0.2, 0.25) is 0 Å². The molecule has 1 aromatic carbocycles. The third-order valence-corrected chi connectivity index (χ3v) is 4.49. The van der Waals surface area contributed by atoms with E-state index >= 15 is 0 Å². The Hall–Kier alpha value is -0.970. The minimum Gasteiger partial charge on any atom is -0.352 e. The quantitative estimate of drug-likeness (QED) is 0.322. The van der Waals surface area contributed by atoms with Gasteiger partial charge in [-0.3, -0.25) is 0 Å². The number of pyridine rings is 1. The van der Waals surface area contributed by atoms with Gasteiger partial charge in [-0.05, 0) is 64.4 Å². The summed E-state index contributed by atoms with van der Waals surface area (Å²) in [5.41, 5.74) is 1.07. The SMILES string of the molecule is S=C=NCCCN(Cc1ccc(Cl)c(Cl)c1)c1ccc(Br)cn1. The Morgan fingerprint density at radius 2 is 2.04 bits per heavy atom. The zero-order valence-corrected chi connectivity index (χ0v) is 16.1. The molecule has 0 bridgehead atoms. The van der Waals surface area contributed by atoms with E-state index in [0.717, 1.165) is 28.8 Å². The van der Waals surface area contributed by atoms with Gasteiger partial charge in [0.05, 0.1) is 21.8 Å². The predicted molar refractivity (Wildman–Crippen MR) is 104 cm³/mol.